The quantitative estimate of drug-likeness (QED) is 0.862. The van der Waals surface area contributed by atoms with Gasteiger partial charge in [0, 0.05) is 11.0 Å². The van der Waals surface area contributed by atoms with Crippen LogP contribution in [0.5, 0.6) is 11.5 Å². The lowest BCUT2D eigenvalue weighted by molar-refractivity contribution is 0.354. The number of nitrogens with one attached hydrogen (secondary N) is 1. The van der Waals surface area contributed by atoms with Crippen LogP contribution in [0.3, 0.4) is 0 Å². The molecule has 0 saturated carbocycles. The number of ether oxygens (including phenoxy) is 2. The molecule has 0 spiro atoms. The number of rotatable bonds is 5. The van der Waals surface area contributed by atoms with Gasteiger partial charge in [-0.1, -0.05) is 22.0 Å². The first-order valence-corrected chi connectivity index (χ1v) is 6.93. The third-order valence-electron chi connectivity index (χ3n) is 2.92. The maximum Gasteiger partial charge on any atom is 0.161 e. The number of hydrogen-bond acceptors (Lipinski definition) is 3. The summed E-state index contributed by atoms with van der Waals surface area (Å²) in [5, 5.41) is 2.75. The molecule has 2 rings (SSSR count). The molecule has 0 unspecified atom stereocenters. The van der Waals surface area contributed by atoms with Crippen LogP contribution in [0.2, 0.25) is 0 Å². The van der Waals surface area contributed by atoms with E-state index in [0.29, 0.717) is 16.0 Å². The fourth-order valence-corrected chi connectivity index (χ4v) is 2.29. The molecule has 0 heterocycles. The number of hydrogen-bond donors (Lipinski definition) is 1. The van der Waals surface area contributed by atoms with Crippen LogP contribution in [0, 0.1) is 11.6 Å². The second-order valence-corrected chi connectivity index (χ2v) is 5.20. The Morgan fingerprint density at radius 3 is 2.19 bits per heavy atom. The van der Waals surface area contributed by atoms with Crippen molar-refractivity contribution in [2.45, 2.75) is 6.54 Å². The van der Waals surface area contributed by atoms with Crippen LogP contribution in [-0.2, 0) is 6.54 Å². The number of halogens is 3. The molecule has 1 N–H and O–H groups in total. The summed E-state index contributed by atoms with van der Waals surface area (Å²) in [5.74, 6) is -0.138. The lowest BCUT2D eigenvalue weighted by Crippen LogP contribution is -2.04. The van der Waals surface area contributed by atoms with Crippen LogP contribution >= 0.6 is 15.9 Å². The highest BCUT2D eigenvalue weighted by Crippen LogP contribution is 2.29. The summed E-state index contributed by atoms with van der Waals surface area (Å²) in [6.45, 7) is 0.260. The highest BCUT2D eigenvalue weighted by molar-refractivity contribution is 9.10. The van der Waals surface area contributed by atoms with Gasteiger partial charge in [0.1, 0.15) is 17.3 Å². The van der Waals surface area contributed by atoms with E-state index in [4.69, 9.17) is 9.47 Å². The third-order valence-corrected chi connectivity index (χ3v) is 3.38. The second kappa shape index (κ2) is 6.76. The van der Waals surface area contributed by atoms with Crippen LogP contribution in [0.4, 0.5) is 14.5 Å². The van der Waals surface area contributed by atoms with E-state index in [0.717, 1.165) is 5.56 Å². The molecule has 0 amide bonds. The molecular weight excluding hydrogens is 344 g/mol. The minimum Gasteiger partial charge on any atom is -0.493 e. The van der Waals surface area contributed by atoms with E-state index in [1.54, 1.807) is 25.3 Å². The summed E-state index contributed by atoms with van der Waals surface area (Å²) in [7, 11) is 3.07. The van der Waals surface area contributed by atoms with Crippen molar-refractivity contribution in [1.29, 1.82) is 0 Å². The van der Waals surface area contributed by atoms with Crippen LogP contribution in [0.15, 0.2) is 34.8 Å². The Labute approximate surface area is 130 Å². The van der Waals surface area contributed by atoms with Gasteiger partial charge in [-0.2, -0.15) is 0 Å². The summed E-state index contributed by atoms with van der Waals surface area (Å²) >= 11 is 3.04. The molecule has 21 heavy (non-hydrogen) atoms. The monoisotopic (exact) mass is 357 g/mol. The molecule has 0 aromatic heterocycles. The van der Waals surface area contributed by atoms with E-state index in [1.807, 2.05) is 0 Å². The molecule has 0 radical (unpaired) electrons. The molecule has 0 atom stereocenters. The van der Waals surface area contributed by atoms with E-state index >= 15 is 0 Å². The number of anilines is 1. The third kappa shape index (κ3) is 3.64. The largest absolute Gasteiger partial charge is 0.493 e. The molecule has 112 valence electrons. The van der Waals surface area contributed by atoms with Gasteiger partial charge in [0.15, 0.2) is 11.5 Å². The number of methoxy groups -OCH3 is 2. The Morgan fingerprint density at radius 2 is 1.62 bits per heavy atom. The van der Waals surface area contributed by atoms with E-state index in [-0.39, 0.29) is 12.2 Å². The summed E-state index contributed by atoms with van der Waals surface area (Å²) in [6.07, 6.45) is 0. The van der Waals surface area contributed by atoms with Crippen molar-refractivity contribution < 1.29 is 18.3 Å². The Hall–Kier alpha value is -1.82. The van der Waals surface area contributed by atoms with Crippen molar-refractivity contribution in [3.8, 4) is 11.5 Å². The average molecular weight is 358 g/mol. The Morgan fingerprint density at radius 1 is 1.00 bits per heavy atom. The van der Waals surface area contributed by atoms with E-state index in [2.05, 4.69) is 21.2 Å². The van der Waals surface area contributed by atoms with Crippen LogP contribution < -0.4 is 14.8 Å². The lowest BCUT2D eigenvalue weighted by atomic mass is 10.2. The first kappa shape index (κ1) is 15.6. The van der Waals surface area contributed by atoms with Crippen molar-refractivity contribution in [2.24, 2.45) is 0 Å². The first-order chi connectivity index (χ1) is 10.0. The van der Waals surface area contributed by atoms with Gasteiger partial charge in [-0.25, -0.2) is 8.78 Å². The summed E-state index contributed by atoms with van der Waals surface area (Å²) in [4.78, 5) is 0. The van der Waals surface area contributed by atoms with Crippen LogP contribution in [-0.4, -0.2) is 14.2 Å². The smallest absolute Gasteiger partial charge is 0.161 e. The standard InChI is InChI=1S/C15H14BrF2NO2/c1-20-13-4-3-9(5-14(13)21-2)8-19-15-11(17)6-10(16)7-12(15)18/h3-7,19H,8H2,1-2H3. The van der Waals surface area contributed by atoms with Crippen molar-refractivity contribution in [3.05, 3.63) is 52.0 Å². The fourth-order valence-electron chi connectivity index (χ4n) is 1.89. The molecule has 0 bridgehead atoms. The van der Waals surface area contributed by atoms with Crippen molar-refractivity contribution in [3.63, 3.8) is 0 Å². The van der Waals surface area contributed by atoms with Gasteiger partial charge in [-0.3, -0.25) is 0 Å². The number of benzene rings is 2. The zero-order chi connectivity index (χ0) is 15.4. The fraction of sp³-hybridized carbons (Fsp3) is 0.200. The Balaban J connectivity index is 2.17. The van der Waals surface area contributed by atoms with E-state index in [1.165, 1.54) is 19.2 Å². The topological polar surface area (TPSA) is 30.5 Å². The average Bonchev–Trinajstić information content (AvgIpc) is 2.45. The molecule has 6 heteroatoms. The molecule has 0 aliphatic heterocycles. The molecular formula is C15H14BrF2NO2. The molecule has 2 aromatic rings. The molecule has 3 nitrogen and oxygen atoms in total. The Kier molecular flexibility index (Phi) is 5.01. The zero-order valence-corrected chi connectivity index (χ0v) is 13.1. The second-order valence-electron chi connectivity index (χ2n) is 4.29. The normalized spacial score (nSPS) is 10.3. The SMILES string of the molecule is COc1ccc(CNc2c(F)cc(Br)cc2F)cc1OC. The van der Waals surface area contributed by atoms with Gasteiger partial charge in [0.2, 0.25) is 0 Å². The van der Waals surface area contributed by atoms with Gasteiger partial charge in [0.25, 0.3) is 0 Å². The summed E-state index contributed by atoms with van der Waals surface area (Å²) < 4.78 is 38.1. The van der Waals surface area contributed by atoms with E-state index < -0.39 is 11.6 Å². The summed E-state index contributed by atoms with van der Waals surface area (Å²) in [6, 6.07) is 7.70. The maximum atomic E-state index is 13.7. The van der Waals surface area contributed by atoms with Crippen molar-refractivity contribution in [2.75, 3.05) is 19.5 Å². The molecule has 0 fully saturated rings. The predicted molar refractivity (Wildman–Crippen MR) is 80.9 cm³/mol. The molecule has 2 aromatic carbocycles. The van der Waals surface area contributed by atoms with Gasteiger partial charge < -0.3 is 14.8 Å². The van der Waals surface area contributed by atoms with Crippen molar-refractivity contribution >= 4 is 21.6 Å². The predicted octanol–water partition coefficient (Wildman–Crippen LogP) is 4.36. The van der Waals surface area contributed by atoms with Gasteiger partial charge in [0.05, 0.1) is 14.2 Å². The lowest BCUT2D eigenvalue weighted by Gasteiger charge is -2.12. The van der Waals surface area contributed by atoms with Gasteiger partial charge >= 0.3 is 0 Å². The minimum atomic E-state index is -0.651. The first-order valence-electron chi connectivity index (χ1n) is 6.14. The minimum absolute atomic E-state index is 0.159. The Bertz CT molecular complexity index is 627. The van der Waals surface area contributed by atoms with Crippen molar-refractivity contribution in [1.82, 2.24) is 0 Å². The molecule has 0 saturated heterocycles. The highest BCUT2D eigenvalue weighted by Gasteiger charge is 2.11. The molecule has 0 aliphatic rings. The van der Waals surface area contributed by atoms with E-state index in [9.17, 15) is 8.78 Å². The molecule has 0 aliphatic carbocycles. The highest BCUT2D eigenvalue weighted by atomic mass is 79.9. The van der Waals surface area contributed by atoms with Gasteiger partial charge in [-0.15, -0.1) is 0 Å². The zero-order valence-electron chi connectivity index (χ0n) is 11.5. The summed E-state index contributed by atoms with van der Waals surface area (Å²) in [5.41, 5.74) is 0.655. The van der Waals surface area contributed by atoms with Gasteiger partial charge in [-0.05, 0) is 29.8 Å². The van der Waals surface area contributed by atoms with Crippen LogP contribution in [0.25, 0.3) is 0 Å². The maximum absolute atomic E-state index is 13.7. The van der Waals surface area contributed by atoms with Crippen LogP contribution in [0.1, 0.15) is 5.56 Å².